The molecule has 0 saturated carbocycles. The van der Waals surface area contributed by atoms with Crippen LogP contribution in [0.1, 0.15) is 16.9 Å². The third-order valence-corrected chi connectivity index (χ3v) is 3.48. The van der Waals surface area contributed by atoms with Gasteiger partial charge in [0.2, 0.25) is 0 Å². The van der Waals surface area contributed by atoms with Gasteiger partial charge >= 0.3 is 0 Å². The maximum Gasteiger partial charge on any atom is 0.270 e. The lowest BCUT2D eigenvalue weighted by molar-refractivity contribution is 0.0646. The van der Waals surface area contributed by atoms with Crippen LogP contribution in [-0.4, -0.2) is 36.0 Å². The number of aromatic nitrogens is 1. The van der Waals surface area contributed by atoms with E-state index in [1.165, 1.54) is 0 Å². The van der Waals surface area contributed by atoms with Gasteiger partial charge in [-0.1, -0.05) is 11.6 Å². The molecule has 0 aliphatic carbocycles. The summed E-state index contributed by atoms with van der Waals surface area (Å²) in [4.78, 5) is 17.0. The highest BCUT2D eigenvalue weighted by atomic mass is 35.5. The molecule has 0 bridgehead atoms. The minimum absolute atomic E-state index is 0.0376. The van der Waals surface area contributed by atoms with E-state index in [9.17, 15) is 4.79 Å². The molecule has 1 aromatic heterocycles. The van der Waals surface area contributed by atoms with Crippen molar-refractivity contribution < 1.29 is 9.53 Å². The summed E-state index contributed by atoms with van der Waals surface area (Å²) >= 11 is 6.00. The zero-order chi connectivity index (χ0) is 12.7. The summed E-state index contributed by atoms with van der Waals surface area (Å²) in [5.74, 6) is 0.715. The number of fused-ring (bicyclic) bond motifs is 1. The minimum Gasteiger partial charge on any atom is -0.496 e. The molecule has 0 radical (unpaired) electrons. The molecule has 1 amide bonds. The zero-order valence-electron chi connectivity index (χ0n) is 10.00. The number of H-pyrrole nitrogens is 1. The fraction of sp³-hybridized carbons (Fsp3) is 0.308. The second-order valence-corrected chi connectivity index (χ2v) is 4.83. The Labute approximate surface area is 109 Å². The number of carbonyl (C=O) groups excluding carboxylic acids is 1. The first kappa shape index (κ1) is 11.4. The summed E-state index contributed by atoms with van der Waals surface area (Å²) in [6.07, 6.45) is 1.08. The second-order valence-electron chi connectivity index (χ2n) is 4.40. The summed E-state index contributed by atoms with van der Waals surface area (Å²) in [6, 6.07) is 5.37. The van der Waals surface area contributed by atoms with E-state index in [1.807, 2.05) is 11.0 Å². The van der Waals surface area contributed by atoms with Gasteiger partial charge in [-0.25, -0.2) is 0 Å². The number of halogens is 1. The van der Waals surface area contributed by atoms with Crippen molar-refractivity contribution in [3.63, 3.8) is 0 Å². The van der Waals surface area contributed by atoms with Crippen LogP contribution in [-0.2, 0) is 0 Å². The van der Waals surface area contributed by atoms with Crippen LogP contribution in [0.25, 0.3) is 10.9 Å². The predicted molar refractivity (Wildman–Crippen MR) is 70.4 cm³/mol. The van der Waals surface area contributed by atoms with Gasteiger partial charge in [-0.2, -0.15) is 0 Å². The maximum absolute atomic E-state index is 12.1. The van der Waals surface area contributed by atoms with Crippen molar-refractivity contribution in [1.29, 1.82) is 0 Å². The van der Waals surface area contributed by atoms with E-state index in [0.29, 0.717) is 16.5 Å². The minimum atomic E-state index is 0.0376. The van der Waals surface area contributed by atoms with Gasteiger partial charge in [0.1, 0.15) is 11.4 Å². The van der Waals surface area contributed by atoms with Crippen LogP contribution >= 0.6 is 11.6 Å². The smallest absolute Gasteiger partial charge is 0.270 e. The van der Waals surface area contributed by atoms with Crippen LogP contribution in [0.4, 0.5) is 0 Å². The van der Waals surface area contributed by atoms with E-state index in [2.05, 4.69) is 4.98 Å². The van der Waals surface area contributed by atoms with E-state index < -0.39 is 0 Å². The Balaban J connectivity index is 2.07. The van der Waals surface area contributed by atoms with Crippen molar-refractivity contribution in [1.82, 2.24) is 9.88 Å². The van der Waals surface area contributed by atoms with Crippen molar-refractivity contribution in [3.05, 3.63) is 28.9 Å². The van der Waals surface area contributed by atoms with Crippen LogP contribution in [0.15, 0.2) is 18.2 Å². The summed E-state index contributed by atoms with van der Waals surface area (Å²) in [5, 5.41) is 1.47. The summed E-state index contributed by atoms with van der Waals surface area (Å²) in [6.45, 7) is 1.68. The Kier molecular flexibility index (Phi) is 2.67. The third kappa shape index (κ3) is 1.73. The number of likely N-dealkylation sites (tertiary alicyclic amines) is 1. The topological polar surface area (TPSA) is 45.3 Å². The Morgan fingerprint density at radius 3 is 2.78 bits per heavy atom. The molecule has 1 N–H and O–H groups in total. The molecule has 1 aliphatic rings. The molecule has 0 spiro atoms. The van der Waals surface area contributed by atoms with Crippen molar-refractivity contribution >= 4 is 28.4 Å². The quantitative estimate of drug-likeness (QED) is 0.906. The number of ether oxygens (including phenoxy) is 1. The molecular weight excluding hydrogens is 252 g/mol. The molecule has 1 saturated heterocycles. The van der Waals surface area contributed by atoms with Crippen LogP contribution < -0.4 is 4.74 Å². The first-order valence-electron chi connectivity index (χ1n) is 5.84. The van der Waals surface area contributed by atoms with Gasteiger partial charge in [-0.15, -0.1) is 0 Å². The van der Waals surface area contributed by atoms with Crippen molar-refractivity contribution in [3.8, 4) is 5.75 Å². The lowest BCUT2D eigenvalue weighted by Gasteiger charge is -2.30. The Morgan fingerprint density at radius 2 is 2.17 bits per heavy atom. The number of methoxy groups -OCH3 is 1. The fourth-order valence-electron chi connectivity index (χ4n) is 2.14. The number of nitrogens with one attached hydrogen (secondary N) is 1. The molecule has 5 heteroatoms. The molecule has 3 rings (SSSR count). The highest BCUT2D eigenvalue weighted by Gasteiger charge is 2.23. The molecule has 2 aromatic rings. The van der Waals surface area contributed by atoms with Crippen LogP contribution in [0.3, 0.4) is 0 Å². The number of aromatic amines is 1. The van der Waals surface area contributed by atoms with E-state index in [4.69, 9.17) is 16.3 Å². The lowest BCUT2D eigenvalue weighted by atomic mass is 10.2. The largest absolute Gasteiger partial charge is 0.496 e. The standard InChI is InChI=1S/C13H13ClN2O2/c1-18-12-6-8(14)5-10-9(12)7-11(15-10)13(17)16-3-2-4-16/h5-7,15H,2-4H2,1H3. The lowest BCUT2D eigenvalue weighted by Crippen LogP contribution is -2.42. The number of nitrogens with zero attached hydrogens (tertiary/aromatic N) is 1. The van der Waals surface area contributed by atoms with Gasteiger partial charge in [0, 0.05) is 23.5 Å². The molecule has 18 heavy (non-hydrogen) atoms. The predicted octanol–water partition coefficient (Wildman–Crippen LogP) is 2.68. The van der Waals surface area contributed by atoms with Crippen LogP contribution in [0.2, 0.25) is 5.02 Å². The first-order valence-corrected chi connectivity index (χ1v) is 6.22. The van der Waals surface area contributed by atoms with E-state index >= 15 is 0 Å². The molecular formula is C13H13ClN2O2. The highest BCUT2D eigenvalue weighted by molar-refractivity contribution is 6.31. The van der Waals surface area contributed by atoms with Crippen LogP contribution in [0, 0.1) is 0 Å². The van der Waals surface area contributed by atoms with Crippen LogP contribution in [0.5, 0.6) is 5.75 Å². The van der Waals surface area contributed by atoms with Crippen molar-refractivity contribution in [2.45, 2.75) is 6.42 Å². The Morgan fingerprint density at radius 1 is 1.39 bits per heavy atom. The third-order valence-electron chi connectivity index (χ3n) is 3.26. The number of benzene rings is 1. The summed E-state index contributed by atoms with van der Waals surface area (Å²) in [7, 11) is 1.59. The summed E-state index contributed by atoms with van der Waals surface area (Å²) in [5.41, 5.74) is 1.41. The Hall–Kier alpha value is -1.68. The second kappa shape index (κ2) is 4.21. The molecule has 1 aromatic carbocycles. The monoisotopic (exact) mass is 264 g/mol. The average Bonchev–Trinajstić information content (AvgIpc) is 2.68. The average molecular weight is 265 g/mol. The number of amides is 1. The molecule has 1 aliphatic heterocycles. The number of hydrogen-bond donors (Lipinski definition) is 1. The van der Waals surface area contributed by atoms with Crippen molar-refractivity contribution in [2.24, 2.45) is 0 Å². The first-order chi connectivity index (χ1) is 8.69. The molecule has 4 nitrogen and oxygen atoms in total. The fourth-order valence-corrected chi connectivity index (χ4v) is 2.35. The van der Waals surface area contributed by atoms with Crippen molar-refractivity contribution in [2.75, 3.05) is 20.2 Å². The number of carbonyl (C=O) groups is 1. The van der Waals surface area contributed by atoms with Gasteiger partial charge in [0.05, 0.1) is 12.6 Å². The SMILES string of the molecule is COc1cc(Cl)cc2[nH]c(C(=O)N3CCC3)cc12. The molecule has 94 valence electrons. The van der Waals surface area contributed by atoms with E-state index in [-0.39, 0.29) is 5.91 Å². The molecule has 1 fully saturated rings. The summed E-state index contributed by atoms with van der Waals surface area (Å²) < 4.78 is 5.27. The van der Waals surface area contributed by atoms with Gasteiger partial charge < -0.3 is 14.6 Å². The van der Waals surface area contributed by atoms with Gasteiger partial charge in [-0.3, -0.25) is 4.79 Å². The van der Waals surface area contributed by atoms with E-state index in [0.717, 1.165) is 30.4 Å². The Bertz CT molecular complexity index is 617. The normalized spacial score (nSPS) is 14.7. The van der Waals surface area contributed by atoms with E-state index in [1.54, 1.807) is 19.2 Å². The molecule has 0 unspecified atom stereocenters. The molecule has 0 atom stereocenters. The maximum atomic E-state index is 12.1. The van der Waals surface area contributed by atoms with Gasteiger partial charge in [0.25, 0.3) is 5.91 Å². The number of rotatable bonds is 2. The van der Waals surface area contributed by atoms with Gasteiger partial charge in [0.15, 0.2) is 0 Å². The molecule has 2 heterocycles. The van der Waals surface area contributed by atoms with Gasteiger partial charge in [-0.05, 0) is 24.6 Å². The highest BCUT2D eigenvalue weighted by Crippen LogP contribution is 2.30. The zero-order valence-corrected chi connectivity index (χ0v) is 10.8. The number of hydrogen-bond acceptors (Lipinski definition) is 2.